The van der Waals surface area contributed by atoms with Crippen molar-refractivity contribution in [3.8, 4) is 0 Å². The van der Waals surface area contributed by atoms with Gasteiger partial charge in [-0.25, -0.2) is 0 Å². The third kappa shape index (κ3) is 6.90. The quantitative estimate of drug-likeness (QED) is 0.442. The summed E-state index contributed by atoms with van der Waals surface area (Å²) in [6.07, 6.45) is 10.3. The molecule has 0 aromatic heterocycles. The van der Waals surface area contributed by atoms with Crippen molar-refractivity contribution < 1.29 is 0 Å². The molecule has 0 N–H and O–H groups in total. The fraction of sp³-hybridized carbons (Fsp3) is 0.818. The predicted octanol–water partition coefficient (Wildman–Crippen LogP) is 4.69. The zero-order valence-corrected chi connectivity index (χ0v) is 9.99. The number of halogens is 1. The molecule has 72 valence electrons. The van der Waals surface area contributed by atoms with Crippen LogP contribution < -0.4 is 0 Å². The van der Waals surface area contributed by atoms with E-state index in [4.69, 9.17) is 0 Å². The number of alkyl halides is 1. The number of rotatable bonds is 7. The van der Waals surface area contributed by atoms with Crippen LogP contribution in [0.2, 0.25) is 0 Å². The molecule has 0 rings (SSSR count). The van der Waals surface area contributed by atoms with Gasteiger partial charge in [-0.2, -0.15) is 0 Å². The van der Waals surface area contributed by atoms with Gasteiger partial charge in [0.1, 0.15) is 0 Å². The Morgan fingerprint density at radius 2 is 1.58 bits per heavy atom. The molecule has 0 aliphatic carbocycles. The standard InChI is InChI=1S/C11H21Br/c1-3-5-7-11(9-10-12)8-6-4-2/h9H,3-8,10H2,1-2H3. The molecule has 12 heavy (non-hydrogen) atoms. The number of hydrogen-bond donors (Lipinski definition) is 0. The fourth-order valence-corrected chi connectivity index (χ4v) is 1.70. The molecule has 0 aliphatic heterocycles. The summed E-state index contributed by atoms with van der Waals surface area (Å²) < 4.78 is 0. The maximum absolute atomic E-state index is 3.46. The van der Waals surface area contributed by atoms with Gasteiger partial charge in [0.2, 0.25) is 0 Å². The van der Waals surface area contributed by atoms with Crippen molar-refractivity contribution in [1.82, 2.24) is 0 Å². The molecule has 0 spiro atoms. The first-order chi connectivity index (χ1) is 5.85. The predicted molar refractivity (Wildman–Crippen MR) is 60.9 cm³/mol. The van der Waals surface area contributed by atoms with Gasteiger partial charge in [-0.15, -0.1) is 0 Å². The van der Waals surface area contributed by atoms with Crippen molar-refractivity contribution >= 4 is 15.9 Å². The molecule has 0 heterocycles. The monoisotopic (exact) mass is 232 g/mol. The van der Waals surface area contributed by atoms with E-state index in [1.54, 1.807) is 5.57 Å². The van der Waals surface area contributed by atoms with Gasteiger partial charge in [0.05, 0.1) is 0 Å². The molecule has 0 fully saturated rings. The van der Waals surface area contributed by atoms with Crippen molar-refractivity contribution in [1.29, 1.82) is 0 Å². The van der Waals surface area contributed by atoms with E-state index in [1.807, 2.05) is 0 Å². The summed E-state index contributed by atoms with van der Waals surface area (Å²) >= 11 is 3.46. The lowest BCUT2D eigenvalue weighted by Gasteiger charge is -2.04. The van der Waals surface area contributed by atoms with Crippen LogP contribution >= 0.6 is 15.9 Å². The molecule has 1 heteroatoms. The van der Waals surface area contributed by atoms with Crippen LogP contribution in [0.1, 0.15) is 52.4 Å². The average molecular weight is 233 g/mol. The van der Waals surface area contributed by atoms with Crippen LogP contribution in [0.15, 0.2) is 11.6 Å². The van der Waals surface area contributed by atoms with E-state index in [-0.39, 0.29) is 0 Å². The largest absolute Gasteiger partial charge is 0.0883 e. The van der Waals surface area contributed by atoms with Crippen molar-refractivity contribution in [2.45, 2.75) is 52.4 Å². The Bertz CT molecular complexity index is 106. The molecule has 0 unspecified atom stereocenters. The highest BCUT2D eigenvalue weighted by atomic mass is 79.9. The van der Waals surface area contributed by atoms with Gasteiger partial charge in [-0.3, -0.25) is 0 Å². The Labute approximate surface area is 85.6 Å². The van der Waals surface area contributed by atoms with Crippen LogP contribution in [-0.4, -0.2) is 5.33 Å². The Morgan fingerprint density at radius 1 is 1.08 bits per heavy atom. The third-order valence-electron chi connectivity index (χ3n) is 2.07. The van der Waals surface area contributed by atoms with E-state index >= 15 is 0 Å². The maximum atomic E-state index is 3.46. The van der Waals surface area contributed by atoms with E-state index in [1.165, 1.54) is 38.5 Å². The fourth-order valence-electron chi connectivity index (χ4n) is 1.25. The molecule has 0 amide bonds. The minimum Gasteiger partial charge on any atom is -0.0883 e. The van der Waals surface area contributed by atoms with Gasteiger partial charge in [0, 0.05) is 5.33 Å². The molecule has 0 aromatic rings. The minimum atomic E-state index is 1.02. The Balaban J connectivity index is 3.62. The zero-order valence-electron chi connectivity index (χ0n) is 8.41. The van der Waals surface area contributed by atoms with Gasteiger partial charge >= 0.3 is 0 Å². The number of allylic oxidation sites excluding steroid dienone is 2. The average Bonchev–Trinajstić information content (AvgIpc) is 2.10. The molecular formula is C11H21Br. The maximum Gasteiger partial charge on any atom is 0.0214 e. The van der Waals surface area contributed by atoms with Crippen LogP contribution in [0, 0.1) is 0 Å². The summed E-state index contributed by atoms with van der Waals surface area (Å²) in [6.45, 7) is 4.51. The van der Waals surface area contributed by atoms with Gasteiger partial charge < -0.3 is 0 Å². The molecule has 0 radical (unpaired) electrons. The molecule has 0 saturated carbocycles. The smallest absolute Gasteiger partial charge is 0.0214 e. The van der Waals surface area contributed by atoms with Crippen LogP contribution in [-0.2, 0) is 0 Å². The lowest BCUT2D eigenvalue weighted by Crippen LogP contribution is -1.85. The zero-order chi connectivity index (χ0) is 9.23. The first kappa shape index (κ1) is 12.2. The molecule has 0 aromatic carbocycles. The highest BCUT2D eigenvalue weighted by Crippen LogP contribution is 2.15. The van der Waals surface area contributed by atoms with Crippen molar-refractivity contribution in [2.24, 2.45) is 0 Å². The minimum absolute atomic E-state index is 1.02. The highest BCUT2D eigenvalue weighted by Gasteiger charge is 1.95. The second-order valence-corrected chi connectivity index (χ2v) is 3.87. The Hall–Kier alpha value is 0.220. The van der Waals surface area contributed by atoms with Crippen molar-refractivity contribution in [3.63, 3.8) is 0 Å². The summed E-state index contributed by atoms with van der Waals surface area (Å²) in [5, 5.41) is 1.02. The van der Waals surface area contributed by atoms with Gasteiger partial charge in [0.15, 0.2) is 0 Å². The van der Waals surface area contributed by atoms with E-state index < -0.39 is 0 Å². The molecule has 0 aliphatic rings. The van der Waals surface area contributed by atoms with E-state index in [0.717, 1.165) is 5.33 Å². The lowest BCUT2D eigenvalue weighted by atomic mass is 10.0. The first-order valence-electron chi connectivity index (χ1n) is 5.09. The van der Waals surface area contributed by atoms with Crippen molar-refractivity contribution in [2.75, 3.05) is 5.33 Å². The summed E-state index contributed by atoms with van der Waals surface area (Å²) in [5.41, 5.74) is 1.65. The van der Waals surface area contributed by atoms with E-state index in [2.05, 4.69) is 35.9 Å². The molecule has 0 nitrogen and oxygen atoms in total. The molecular weight excluding hydrogens is 212 g/mol. The van der Waals surface area contributed by atoms with Crippen LogP contribution in [0.25, 0.3) is 0 Å². The van der Waals surface area contributed by atoms with E-state index in [9.17, 15) is 0 Å². The summed E-state index contributed by atoms with van der Waals surface area (Å²) in [7, 11) is 0. The Kier molecular flexibility index (Phi) is 9.48. The summed E-state index contributed by atoms with van der Waals surface area (Å²) in [4.78, 5) is 0. The van der Waals surface area contributed by atoms with Gasteiger partial charge in [0.25, 0.3) is 0 Å². The molecule has 0 saturated heterocycles. The summed E-state index contributed by atoms with van der Waals surface area (Å²) in [6, 6.07) is 0. The van der Waals surface area contributed by atoms with E-state index in [0.29, 0.717) is 0 Å². The Morgan fingerprint density at radius 3 is 1.92 bits per heavy atom. The van der Waals surface area contributed by atoms with Gasteiger partial charge in [-0.1, -0.05) is 54.3 Å². The SMILES string of the molecule is CCCCC(=CCBr)CCCC. The third-order valence-corrected chi connectivity index (χ3v) is 2.39. The number of unbranched alkanes of at least 4 members (excludes halogenated alkanes) is 2. The lowest BCUT2D eigenvalue weighted by molar-refractivity contribution is 0.712. The number of hydrogen-bond acceptors (Lipinski definition) is 0. The molecule has 0 bridgehead atoms. The van der Waals surface area contributed by atoms with Crippen LogP contribution in [0.5, 0.6) is 0 Å². The normalized spacial score (nSPS) is 9.92. The van der Waals surface area contributed by atoms with Crippen LogP contribution in [0.4, 0.5) is 0 Å². The van der Waals surface area contributed by atoms with Crippen molar-refractivity contribution in [3.05, 3.63) is 11.6 Å². The van der Waals surface area contributed by atoms with Gasteiger partial charge in [-0.05, 0) is 25.7 Å². The second-order valence-electron chi connectivity index (χ2n) is 3.22. The second kappa shape index (κ2) is 9.31. The molecule has 0 atom stereocenters. The highest BCUT2D eigenvalue weighted by molar-refractivity contribution is 9.09. The summed E-state index contributed by atoms with van der Waals surface area (Å²) in [5.74, 6) is 0. The topological polar surface area (TPSA) is 0 Å². The first-order valence-corrected chi connectivity index (χ1v) is 6.21. The van der Waals surface area contributed by atoms with Crippen LogP contribution in [0.3, 0.4) is 0 Å².